The van der Waals surface area contributed by atoms with Gasteiger partial charge in [-0.2, -0.15) is 5.10 Å². The Bertz CT molecular complexity index is 460. The molecule has 0 bridgehead atoms. The third kappa shape index (κ3) is 2.57. The first-order valence-electron chi connectivity index (χ1n) is 4.88. The van der Waals surface area contributed by atoms with Crippen LogP contribution in [0.5, 0.6) is 0 Å². The summed E-state index contributed by atoms with van der Waals surface area (Å²) in [6.45, 7) is 0. The molecular formula is C12H11N3O. The van der Waals surface area contributed by atoms with Gasteiger partial charge in [-0.25, -0.2) is 0 Å². The fourth-order valence-electron chi connectivity index (χ4n) is 1.26. The van der Waals surface area contributed by atoms with E-state index in [1.165, 1.54) is 0 Å². The maximum absolute atomic E-state index is 11.8. The molecule has 0 aromatic heterocycles. The molecule has 0 spiro atoms. The third-order valence-electron chi connectivity index (χ3n) is 2.03. The summed E-state index contributed by atoms with van der Waals surface area (Å²) >= 11 is 0. The Balaban J connectivity index is 2.08. The standard InChI is InChI=1S/C12H11N3O/c16-12(10-4-2-1-3-5-10)15-11-6-8-13-14-9-7-11/h1-9,13H,(H,15,16). The van der Waals surface area contributed by atoms with Crippen LogP contribution in [0.2, 0.25) is 0 Å². The first-order chi connectivity index (χ1) is 7.86. The number of hydrogen-bond acceptors (Lipinski definition) is 3. The summed E-state index contributed by atoms with van der Waals surface area (Å²) in [6.07, 6.45) is 6.70. The molecule has 80 valence electrons. The van der Waals surface area contributed by atoms with Crippen LogP contribution in [0.3, 0.4) is 0 Å². The molecule has 1 amide bonds. The first-order valence-corrected chi connectivity index (χ1v) is 4.88. The van der Waals surface area contributed by atoms with E-state index in [9.17, 15) is 4.79 Å². The second-order valence-electron chi connectivity index (χ2n) is 3.18. The highest BCUT2D eigenvalue weighted by atomic mass is 16.1. The monoisotopic (exact) mass is 213 g/mol. The molecule has 16 heavy (non-hydrogen) atoms. The number of hydrogen-bond donors (Lipinski definition) is 2. The number of amides is 1. The molecule has 1 aromatic rings. The molecule has 2 rings (SSSR count). The Morgan fingerprint density at radius 2 is 2.06 bits per heavy atom. The number of nitrogens with zero attached hydrogens (tertiary/aromatic N) is 1. The molecule has 0 unspecified atom stereocenters. The topological polar surface area (TPSA) is 53.5 Å². The van der Waals surface area contributed by atoms with E-state index >= 15 is 0 Å². The highest BCUT2D eigenvalue weighted by Gasteiger charge is 2.04. The van der Waals surface area contributed by atoms with Crippen molar-refractivity contribution in [2.24, 2.45) is 5.10 Å². The van der Waals surface area contributed by atoms with Crippen molar-refractivity contribution in [3.63, 3.8) is 0 Å². The van der Waals surface area contributed by atoms with Crippen LogP contribution in [0.4, 0.5) is 0 Å². The van der Waals surface area contributed by atoms with Crippen LogP contribution in [0.1, 0.15) is 10.4 Å². The van der Waals surface area contributed by atoms with Crippen LogP contribution in [0.25, 0.3) is 0 Å². The van der Waals surface area contributed by atoms with E-state index < -0.39 is 0 Å². The minimum absolute atomic E-state index is 0.133. The predicted molar refractivity (Wildman–Crippen MR) is 62.8 cm³/mol. The van der Waals surface area contributed by atoms with Gasteiger partial charge < -0.3 is 5.32 Å². The summed E-state index contributed by atoms with van der Waals surface area (Å²) in [5, 5.41) is 6.59. The largest absolute Gasteiger partial charge is 0.322 e. The minimum Gasteiger partial charge on any atom is -0.322 e. The summed E-state index contributed by atoms with van der Waals surface area (Å²) < 4.78 is 0. The molecule has 1 aliphatic heterocycles. The molecule has 1 heterocycles. The van der Waals surface area contributed by atoms with Gasteiger partial charge in [0.1, 0.15) is 0 Å². The van der Waals surface area contributed by atoms with Crippen LogP contribution < -0.4 is 10.7 Å². The first kappa shape index (κ1) is 10.2. The third-order valence-corrected chi connectivity index (χ3v) is 2.03. The Morgan fingerprint density at radius 1 is 1.25 bits per heavy atom. The summed E-state index contributed by atoms with van der Waals surface area (Å²) in [5.74, 6) is -0.133. The van der Waals surface area contributed by atoms with Gasteiger partial charge in [0.15, 0.2) is 0 Å². The molecule has 0 radical (unpaired) electrons. The zero-order chi connectivity index (χ0) is 11.2. The van der Waals surface area contributed by atoms with Crippen molar-refractivity contribution >= 4 is 12.1 Å². The maximum Gasteiger partial charge on any atom is 0.255 e. The zero-order valence-electron chi connectivity index (χ0n) is 8.55. The Kier molecular flexibility index (Phi) is 3.13. The lowest BCUT2D eigenvalue weighted by Gasteiger charge is -2.04. The van der Waals surface area contributed by atoms with E-state index in [0.29, 0.717) is 11.3 Å². The number of hydrazone groups is 1. The van der Waals surface area contributed by atoms with Crippen molar-refractivity contribution in [2.45, 2.75) is 0 Å². The second kappa shape index (κ2) is 4.93. The fourth-order valence-corrected chi connectivity index (χ4v) is 1.26. The molecular weight excluding hydrogens is 202 g/mol. The smallest absolute Gasteiger partial charge is 0.255 e. The van der Waals surface area contributed by atoms with E-state index in [4.69, 9.17) is 0 Å². The van der Waals surface area contributed by atoms with Crippen molar-refractivity contribution in [3.8, 4) is 0 Å². The molecule has 4 heteroatoms. The Labute approximate surface area is 93.4 Å². The van der Waals surface area contributed by atoms with Crippen molar-refractivity contribution in [1.29, 1.82) is 0 Å². The van der Waals surface area contributed by atoms with E-state index in [1.54, 1.807) is 36.7 Å². The molecule has 0 fully saturated rings. The predicted octanol–water partition coefficient (Wildman–Crippen LogP) is 1.40. The van der Waals surface area contributed by atoms with Crippen LogP contribution >= 0.6 is 0 Å². The summed E-state index contributed by atoms with van der Waals surface area (Å²) in [5.41, 5.74) is 4.00. The number of nitrogens with one attached hydrogen (secondary N) is 2. The molecule has 0 saturated carbocycles. The van der Waals surface area contributed by atoms with Crippen LogP contribution in [-0.2, 0) is 0 Å². The molecule has 2 N–H and O–H groups in total. The molecule has 4 nitrogen and oxygen atoms in total. The number of allylic oxidation sites excluding steroid dienone is 2. The van der Waals surface area contributed by atoms with Crippen molar-refractivity contribution < 1.29 is 4.79 Å². The zero-order valence-corrected chi connectivity index (χ0v) is 8.55. The quantitative estimate of drug-likeness (QED) is 0.780. The number of rotatable bonds is 2. The van der Waals surface area contributed by atoms with Crippen LogP contribution in [0, 0.1) is 0 Å². The summed E-state index contributed by atoms with van der Waals surface area (Å²) in [7, 11) is 0. The summed E-state index contributed by atoms with van der Waals surface area (Å²) in [4.78, 5) is 11.8. The van der Waals surface area contributed by atoms with Gasteiger partial charge in [-0.05, 0) is 24.3 Å². The maximum atomic E-state index is 11.8. The Morgan fingerprint density at radius 3 is 2.88 bits per heavy atom. The molecule has 0 atom stereocenters. The highest BCUT2D eigenvalue weighted by molar-refractivity contribution is 5.96. The molecule has 0 aliphatic carbocycles. The Hall–Kier alpha value is -2.36. The van der Waals surface area contributed by atoms with Gasteiger partial charge in [0.25, 0.3) is 5.91 Å². The second-order valence-corrected chi connectivity index (χ2v) is 3.18. The SMILES string of the molecule is O=C(NC1=CC=NNC=C1)c1ccccc1. The van der Waals surface area contributed by atoms with Gasteiger partial charge in [0.05, 0.1) is 0 Å². The van der Waals surface area contributed by atoms with Gasteiger partial charge in [-0.15, -0.1) is 0 Å². The van der Waals surface area contributed by atoms with Gasteiger partial charge in [-0.1, -0.05) is 18.2 Å². The molecule has 1 aliphatic rings. The average Bonchev–Trinajstić information content (AvgIpc) is 2.59. The van der Waals surface area contributed by atoms with Gasteiger partial charge >= 0.3 is 0 Å². The van der Waals surface area contributed by atoms with Gasteiger partial charge in [0.2, 0.25) is 0 Å². The molecule has 1 aromatic carbocycles. The van der Waals surface area contributed by atoms with E-state index in [1.807, 2.05) is 18.2 Å². The summed E-state index contributed by atoms with van der Waals surface area (Å²) in [6, 6.07) is 9.06. The van der Waals surface area contributed by atoms with Crippen molar-refractivity contribution in [1.82, 2.24) is 10.7 Å². The van der Waals surface area contributed by atoms with E-state index in [0.717, 1.165) is 0 Å². The average molecular weight is 213 g/mol. The van der Waals surface area contributed by atoms with Crippen LogP contribution in [-0.4, -0.2) is 12.1 Å². The lowest BCUT2D eigenvalue weighted by atomic mass is 10.2. The number of carbonyl (C=O) groups is 1. The minimum atomic E-state index is -0.133. The van der Waals surface area contributed by atoms with Crippen LogP contribution in [0.15, 0.2) is 59.5 Å². The van der Waals surface area contributed by atoms with Crippen molar-refractivity contribution in [3.05, 3.63) is 59.9 Å². The van der Waals surface area contributed by atoms with Gasteiger partial charge in [-0.3, -0.25) is 10.2 Å². The lowest BCUT2D eigenvalue weighted by molar-refractivity contribution is 0.0967. The van der Waals surface area contributed by atoms with Crippen molar-refractivity contribution in [2.75, 3.05) is 0 Å². The number of carbonyl (C=O) groups excluding carboxylic acids is 1. The highest BCUT2D eigenvalue weighted by Crippen LogP contribution is 2.01. The van der Waals surface area contributed by atoms with E-state index in [-0.39, 0.29) is 5.91 Å². The van der Waals surface area contributed by atoms with Gasteiger partial charge in [0, 0.05) is 23.7 Å². The number of benzene rings is 1. The fraction of sp³-hybridized carbons (Fsp3) is 0. The van der Waals surface area contributed by atoms with E-state index in [2.05, 4.69) is 15.8 Å². The molecule has 0 saturated heterocycles. The normalized spacial score (nSPS) is 13.6. The lowest BCUT2D eigenvalue weighted by Crippen LogP contribution is -2.21.